The predicted molar refractivity (Wildman–Crippen MR) is 109 cm³/mol. The maximum Gasteiger partial charge on any atom is 0.242 e. The van der Waals surface area contributed by atoms with Gasteiger partial charge in [0.25, 0.3) is 0 Å². The molecule has 1 aliphatic heterocycles. The number of benzene rings is 2. The molecule has 0 bridgehead atoms. The number of hydrogen-bond donors (Lipinski definition) is 0. The van der Waals surface area contributed by atoms with E-state index in [2.05, 4.69) is 0 Å². The van der Waals surface area contributed by atoms with Gasteiger partial charge in [-0.2, -0.15) is 0 Å². The summed E-state index contributed by atoms with van der Waals surface area (Å²) in [5, 5.41) is 0. The number of amides is 3. The average molecular weight is 379 g/mol. The van der Waals surface area contributed by atoms with Crippen LogP contribution < -0.4 is 9.80 Å². The van der Waals surface area contributed by atoms with Crippen LogP contribution >= 0.6 is 0 Å². The number of para-hydroxylation sites is 2. The molecule has 1 atom stereocenters. The molecule has 2 aromatic carbocycles. The molecule has 0 saturated carbocycles. The Bertz CT molecular complexity index is 839. The molecule has 1 unspecified atom stereocenters. The van der Waals surface area contributed by atoms with Crippen molar-refractivity contribution in [2.24, 2.45) is 5.92 Å². The molecule has 3 rings (SSSR count). The molecule has 0 aliphatic carbocycles. The van der Waals surface area contributed by atoms with Crippen molar-refractivity contribution in [3.8, 4) is 0 Å². The Balaban J connectivity index is 1.62. The Morgan fingerprint density at radius 2 is 1.54 bits per heavy atom. The Hall–Kier alpha value is -3.15. The molecule has 0 aromatic heterocycles. The van der Waals surface area contributed by atoms with Crippen LogP contribution in [-0.4, -0.2) is 49.3 Å². The molecule has 6 heteroatoms. The minimum atomic E-state index is -0.225. The topological polar surface area (TPSA) is 60.9 Å². The highest BCUT2D eigenvalue weighted by atomic mass is 16.2. The lowest BCUT2D eigenvalue weighted by Crippen LogP contribution is -2.42. The molecular formula is C22H25N3O3. The van der Waals surface area contributed by atoms with E-state index in [-0.39, 0.29) is 30.2 Å². The number of hydrogen-bond acceptors (Lipinski definition) is 3. The van der Waals surface area contributed by atoms with Crippen molar-refractivity contribution in [2.75, 3.05) is 36.5 Å². The molecule has 0 N–H and O–H groups in total. The number of carbonyl (C=O) groups excluding carboxylic acids is 3. The Labute approximate surface area is 165 Å². The monoisotopic (exact) mass is 379 g/mol. The quantitative estimate of drug-likeness (QED) is 0.802. The molecule has 6 nitrogen and oxygen atoms in total. The average Bonchev–Trinajstić information content (AvgIpc) is 3.22. The Morgan fingerprint density at radius 1 is 0.964 bits per heavy atom. The van der Waals surface area contributed by atoms with E-state index in [1.54, 1.807) is 29.0 Å². The van der Waals surface area contributed by atoms with Gasteiger partial charge in [0.1, 0.15) is 6.54 Å². The molecule has 1 fully saturated rings. The van der Waals surface area contributed by atoms with Crippen LogP contribution in [0.5, 0.6) is 0 Å². The van der Waals surface area contributed by atoms with Gasteiger partial charge in [-0.3, -0.25) is 14.4 Å². The SMILES string of the molecule is CC(=O)N(CC(=O)N1CCC(C(=O)N(C)c2ccccc2)C1)c1ccccc1. The third-order valence-corrected chi connectivity index (χ3v) is 5.11. The van der Waals surface area contributed by atoms with Crippen LogP contribution in [0.4, 0.5) is 11.4 Å². The summed E-state index contributed by atoms with van der Waals surface area (Å²) in [5.41, 5.74) is 1.53. The van der Waals surface area contributed by atoms with Crippen LogP contribution in [0.1, 0.15) is 13.3 Å². The Morgan fingerprint density at radius 3 is 2.11 bits per heavy atom. The molecule has 1 saturated heterocycles. The highest BCUT2D eigenvalue weighted by Gasteiger charge is 2.33. The van der Waals surface area contributed by atoms with Gasteiger partial charge in [0.05, 0.1) is 5.92 Å². The predicted octanol–water partition coefficient (Wildman–Crippen LogP) is 2.55. The zero-order chi connectivity index (χ0) is 20.1. The summed E-state index contributed by atoms with van der Waals surface area (Å²) >= 11 is 0. The number of rotatable bonds is 5. The fourth-order valence-corrected chi connectivity index (χ4v) is 3.47. The second kappa shape index (κ2) is 8.69. The summed E-state index contributed by atoms with van der Waals surface area (Å²) in [7, 11) is 1.76. The summed E-state index contributed by atoms with van der Waals surface area (Å²) in [6.07, 6.45) is 0.632. The largest absolute Gasteiger partial charge is 0.340 e. The highest BCUT2D eigenvalue weighted by molar-refractivity contribution is 5.98. The standard InChI is InChI=1S/C22H25N3O3/c1-17(26)25(20-11-7-4-8-12-20)16-21(27)24-14-13-18(15-24)22(28)23(2)19-9-5-3-6-10-19/h3-12,18H,13-16H2,1-2H3. The van der Waals surface area contributed by atoms with Crippen LogP contribution in [0.2, 0.25) is 0 Å². The summed E-state index contributed by atoms with van der Waals surface area (Å²) in [4.78, 5) is 42.3. The third-order valence-electron chi connectivity index (χ3n) is 5.11. The van der Waals surface area contributed by atoms with Crippen molar-refractivity contribution in [3.63, 3.8) is 0 Å². The minimum absolute atomic E-state index is 0.00739. The van der Waals surface area contributed by atoms with Crippen LogP contribution in [0.3, 0.4) is 0 Å². The molecule has 0 radical (unpaired) electrons. The first kappa shape index (κ1) is 19.6. The zero-order valence-electron chi connectivity index (χ0n) is 16.2. The molecule has 1 heterocycles. The Kier molecular flexibility index (Phi) is 6.09. The summed E-state index contributed by atoms with van der Waals surface area (Å²) < 4.78 is 0. The fourth-order valence-electron chi connectivity index (χ4n) is 3.47. The van der Waals surface area contributed by atoms with E-state index in [0.29, 0.717) is 25.2 Å². The van der Waals surface area contributed by atoms with Gasteiger partial charge in [-0.15, -0.1) is 0 Å². The van der Waals surface area contributed by atoms with E-state index in [1.807, 2.05) is 48.5 Å². The van der Waals surface area contributed by atoms with Crippen molar-refractivity contribution in [2.45, 2.75) is 13.3 Å². The molecule has 2 aromatic rings. The van der Waals surface area contributed by atoms with E-state index in [4.69, 9.17) is 0 Å². The van der Waals surface area contributed by atoms with Crippen molar-refractivity contribution >= 4 is 29.1 Å². The molecule has 3 amide bonds. The maximum absolute atomic E-state index is 12.8. The second-order valence-electron chi connectivity index (χ2n) is 7.00. The van der Waals surface area contributed by atoms with Gasteiger partial charge in [0, 0.05) is 38.4 Å². The van der Waals surface area contributed by atoms with Gasteiger partial charge in [-0.05, 0) is 30.7 Å². The minimum Gasteiger partial charge on any atom is -0.340 e. The van der Waals surface area contributed by atoms with E-state index in [1.165, 1.54) is 11.8 Å². The second-order valence-corrected chi connectivity index (χ2v) is 7.00. The lowest BCUT2D eigenvalue weighted by molar-refractivity contribution is -0.130. The van der Waals surface area contributed by atoms with E-state index < -0.39 is 0 Å². The summed E-state index contributed by atoms with van der Waals surface area (Å²) in [5.74, 6) is -0.545. The lowest BCUT2D eigenvalue weighted by Gasteiger charge is -2.25. The van der Waals surface area contributed by atoms with E-state index >= 15 is 0 Å². The van der Waals surface area contributed by atoms with Crippen LogP contribution in [-0.2, 0) is 14.4 Å². The first-order valence-corrected chi connectivity index (χ1v) is 9.41. The van der Waals surface area contributed by atoms with Crippen molar-refractivity contribution < 1.29 is 14.4 Å². The number of carbonyl (C=O) groups is 3. The maximum atomic E-state index is 12.8. The van der Waals surface area contributed by atoms with Crippen molar-refractivity contribution in [1.29, 1.82) is 0 Å². The number of likely N-dealkylation sites (tertiary alicyclic amines) is 1. The van der Waals surface area contributed by atoms with Crippen LogP contribution in [0, 0.1) is 5.92 Å². The summed E-state index contributed by atoms with van der Waals surface area (Å²) in [6, 6.07) is 18.6. The van der Waals surface area contributed by atoms with Gasteiger partial charge in [0.15, 0.2) is 0 Å². The molecule has 28 heavy (non-hydrogen) atoms. The third kappa shape index (κ3) is 4.39. The summed E-state index contributed by atoms with van der Waals surface area (Å²) in [6.45, 7) is 2.34. The normalized spacial score (nSPS) is 15.9. The first-order chi connectivity index (χ1) is 13.5. The zero-order valence-corrected chi connectivity index (χ0v) is 16.2. The van der Waals surface area contributed by atoms with Gasteiger partial charge < -0.3 is 14.7 Å². The van der Waals surface area contributed by atoms with E-state index in [0.717, 1.165) is 5.69 Å². The van der Waals surface area contributed by atoms with E-state index in [9.17, 15) is 14.4 Å². The number of nitrogens with zero attached hydrogens (tertiary/aromatic N) is 3. The van der Waals surface area contributed by atoms with Gasteiger partial charge in [0.2, 0.25) is 17.7 Å². The molecule has 0 spiro atoms. The van der Waals surface area contributed by atoms with Gasteiger partial charge in [-0.25, -0.2) is 0 Å². The van der Waals surface area contributed by atoms with Crippen molar-refractivity contribution in [1.82, 2.24) is 4.90 Å². The smallest absolute Gasteiger partial charge is 0.242 e. The molecule has 1 aliphatic rings. The molecule has 146 valence electrons. The number of anilines is 2. The fraction of sp³-hybridized carbons (Fsp3) is 0.318. The lowest BCUT2D eigenvalue weighted by atomic mass is 10.1. The van der Waals surface area contributed by atoms with Gasteiger partial charge in [-0.1, -0.05) is 36.4 Å². The first-order valence-electron chi connectivity index (χ1n) is 9.41. The molecular weight excluding hydrogens is 354 g/mol. The van der Waals surface area contributed by atoms with Crippen molar-refractivity contribution in [3.05, 3.63) is 60.7 Å². The van der Waals surface area contributed by atoms with Crippen LogP contribution in [0.15, 0.2) is 60.7 Å². The highest BCUT2D eigenvalue weighted by Crippen LogP contribution is 2.22. The van der Waals surface area contributed by atoms with Crippen LogP contribution in [0.25, 0.3) is 0 Å². The van der Waals surface area contributed by atoms with Gasteiger partial charge >= 0.3 is 0 Å².